The van der Waals surface area contributed by atoms with Crippen molar-refractivity contribution < 1.29 is 8.42 Å². The van der Waals surface area contributed by atoms with Gasteiger partial charge in [0, 0.05) is 7.05 Å². The zero-order valence-corrected chi connectivity index (χ0v) is 10.7. The van der Waals surface area contributed by atoms with Gasteiger partial charge in [-0.25, -0.2) is 13.4 Å². The molecule has 5 nitrogen and oxygen atoms in total. The van der Waals surface area contributed by atoms with E-state index in [0.29, 0.717) is 5.13 Å². The lowest BCUT2D eigenvalue weighted by molar-refractivity contribution is 0.598. The molecule has 2 rings (SSSR count). The summed E-state index contributed by atoms with van der Waals surface area (Å²) in [6.07, 6.45) is 0. The molecule has 0 bridgehead atoms. The number of rotatable bonds is 3. The molecule has 0 amide bonds. The molecular weight excluding hydrogens is 258 g/mol. The van der Waals surface area contributed by atoms with Crippen LogP contribution in [0.4, 0.5) is 10.9 Å². The van der Waals surface area contributed by atoms with Crippen LogP contribution >= 0.6 is 11.3 Å². The van der Waals surface area contributed by atoms with E-state index in [1.165, 1.54) is 12.1 Å². The normalized spacial score (nSPS) is 11.4. The second-order valence-electron chi connectivity index (χ2n) is 3.26. The maximum absolute atomic E-state index is 12.2. The molecule has 0 aliphatic heterocycles. The Bertz CT molecular complexity index is 620. The van der Waals surface area contributed by atoms with Gasteiger partial charge in [0.1, 0.15) is 0 Å². The minimum Gasteiger partial charge on any atom is -0.382 e. The summed E-state index contributed by atoms with van der Waals surface area (Å²) < 4.78 is 24.6. The topological polar surface area (TPSA) is 85.1 Å². The first-order valence-corrected chi connectivity index (χ1v) is 7.10. The van der Waals surface area contributed by atoms with Gasteiger partial charge in [-0.2, -0.15) is 0 Å². The number of anilines is 2. The third-order valence-corrected chi connectivity index (χ3v) is 5.51. The number of thiazole rings is 1. The molecule has 0 unspecified atom stereocenters. The van der Waals surface area contributed by atoms with Crippen molar-refractivity contribution in [3.8, 4) is 0 Å². The molecule has 0 saturated carbocycles. The molecule has 1 aromatic carbocycles. The number of nitrogens with one attached hydrogen (secondary N) is 1. The van der Waals surface area contributed by atoms with E-state index >= 15 is 0 Å². The molecule has 17 heavy (non-hydrogen) atoms. The molecule has 90 valence electrons. The summed E-state index contributed by atoms with van der Waals surface area (Å²) in [7, 11) is -1.90. The van der Waals surface area contributed by atoms with Crippen LogP contribution < -0.4 is 11.1 Å². The third kappa shape index (κ3) is 2.11. The molecule has 1 aromatic heterocycles. The van der Waals surface area contributed by atoms with Crippen molar-refractivity contribution in [2.45, 2.75) is 9.10 Å². The van der Waals surface area contributed by atoms with E-state index in [0.717, 1.165) is 11.3 Å². The van der Waals surface area contributed by atoms with Gasteiger partial charge < -0.3 is 11.1 Å². The first-order chi connectivity index (χ1) is 8.05. The van der Waals surface area contributed by atoms with Crippen molar-refractivity contribution in [1.82, 2.24) is 4.98 Å². The maximum Gasteiger partial charge on any atom is 0.219 e. The van der Waals surface area contributed by atoms with E-state index in [-0.39, 0.29) is 14.9 Å². The molecule has 0 atom stereocenters. The van der Waals surface area contributed by atoms with Gasteiger partial charge >= 0.3 is 0 Å². The Balaban J connectivity index is 2.56. The lowest BCUT2D eigenvalue weighted by Gasteiger charge is -2.01. The fourth-order valence-electron chi connectivity index (χ4n) is 1.32. The van der Waals surface area contributed by atoms with E-state index < -0.39 is 9.84 Å². The third-order valence-electron chi connectivity index (χ3n) is 2.13. The summed E-state index contributed by atoms with van der Waals surface area (Å²) in [6.45, 7) is 0. The number of sulfone groups is 1. The average Bonchev–Trinajstić information content (AvgIpc) is 2.72. The Kier molecular flexibility index (Phi) is 3.03. The fraction of sp³-hybridized carbons (Fsp3) is 0.100. The highest BCUT2D eigenvalue weighted by Gasteiger charge is 2.24. The summed E-state index contributed by atoms with van der Waals surface area (Å²) in [4.78, 5) is 4.15. The van der Waals surface area contributed by atoms with Crippen LogP contribution in [-0.2, 0) is 9.84 Å². The van der Waals surface area contributed by atoms with E-state index in [2.05, 4.69) is 10.3 Å². The molecule has 3 N–H and O–H groups in total. The van der Waals surface area contributed by atoms with Crippen LogP contribution in [0.2, 0.25) is 0 Å². The Hall–Kier alpha value is -1.60. The highest BCUT2D eigenvalue weighted by Crippen LogP contribution is 2.33. The number of aromatic nitrogens is 1. The van der Waals surface area contributed by atoms with Crippen LogP contribution in [0.15, 0.2) is 39.4 Å². The minimum atomic E-state index is -3.57. The van der Waals surface area contributed by atoms with E-state index in [4.69, 9.17) is 5.73 Å². The zero-order valence-electron chi connectivity index (χ0n) is 9.04. The first kappa shape index (κ1) is 11.9. The van der Waals surface area contributed by atoms with Crippen LogP contribution in [-0.4, -0.2) is 20.4 Å². The van der Waals surface area contributed by atoms with Crippen LogP contribution in [0.5, 0.6) is 0 Å². The predicted molar refractivity (Wildman–Crippen MR) is 68.0 cm³/mol. The minimum absolute atomic E-state index is 0.0307. The van der Waals surface area contributed by atoms with Crippen molar-refractivity contribution in [2.75, 3.05) is 18.1 Å². The van der Waals surface area contributed by atoms with Gasteiger partial charge in [-0.05, 0) is 12.1 Å². The van der Waals surface area contributed by atoms with Gasteiger partial charge in [-0.3, -0.25) is 0 Å². The highest BCUT2D eigenvalue weighted by molar-refractivity contribution is 7.93. The molecule has 0 aliphatic rings. The van der Waals surface area contributed by atoms with Crippen LogP contribution in [0, 0.1) is 0 Å². The molecule has 7 heteroatoms. The molecule has 0 aliphatic carbocycles. The average molecular weight is 269 g/mol. The molecule has 0 radical (unpaired) electrons. The molecule has 0 spiro atoms. The first-order valence-electron chi connectivity index (χ1n) is 4.80. The van der Waals surface area contributed by atoms with Gasteiger partial charge in [0.05, 0.1) is 4.90 Å². The largest absolute Gasteiger partial charge is 0.382 e. The van der Waals surface area contributed by atoms with Gasteiger partial charge in [0.15, 0.2) is 15.2 Å². The molecule has 0 fully saturated rings. The molecular formula is C10H11N3O2S2. The Labute approximate surface area is 103 Å². The Morgan fingerprint density at radius 3 is 2.47 bits per heavy atom. The predicted octanol–water partition coefficient (Wildman–Crippen LogP) is 1.60. The number of nitrogen functional groups attached to an aromatic ring is 1. The van der Waals surface area contributed by atoms with Crippen molar-refractivity contribution in [2.24, 2.45) is 0 Å². The number of nitrogens with zero attached hydrogens (tertiary/aromatic N) is 1. The second-order valence-corrected chi connectivity index (χ2v) is 6.40. The Morgan fingerprint density at radius 2 is 1.94 bits per heavy atom. The van der Waals surface area contributed by atoms with Crippen molar-refractivity contribution >= 4 is 32.1 Å². The summed E-state index contributed by atoms with van der Waals surface area (Å²) in [5.41, 5.74) is 5.62. The van der Waals surface area contributed by atoms with Gasteiger partial charge in [0.25, 0.3) is 0 Å². The van der Waals surface area contributed by atoms with Crippen LogP contribution in [0.1, 0.15) is 0 Å². The number of hydrogen-bond acceptors (Lipinski definition) is 6. The van der Waals surface area contributed by atoms with E-state index in [1.807, 2.05) is 0 Å². The van der Waals surface area contributed by atoms with E-state index in [9.17, 15) is 8.42 Å². The van der Waals surface area contributed by atoms with Crippen molar-refractivity contribution in [3.63, 3.8) is 0 Å². The number of nitrogens with two attached hydrogens (primary N) is 1. The number of hydrogen-bond donors (Lipinski definition) is 2. The summed E-state index contributed by atoms with van der Waals surface area (Å²) in [5.74, 6) is 0.0307. The van der Waals surface area contributed by atoms with E-state index in [1.54, 1.807) is 25.2 Å². The summed E-state index contributed by atoms with van der Waals surface area (Å²) in [5, 5.41) is 3.26. The zero-order chi connectivity index (χ0) is 12.5. The quantitative estimate of drug-likeness (QED) is 0.884. The molecule has 1 heterocycles. The summed E-state index contributed by atoms with van der Waals surface area (Å²) in [6, 6.07) is 8.17. The van der Waals surface area contributed by atoms with Crippen LogP contribution in [0.3, 0.4) is 0 Å². The smallest absolute Gasteiger partial charge is 0.219 e. The molecule has 0 saturated heterocycles. The fourth-order valence-corrected chi connectivity index (χ4v) is 3.91. The SMILES string of the molecule is CNc1nc(N)c(S(=O)(=O)c2ccccc2)s1. The number of benzene rings is 1. The highest BCUT2D eigenvalue weighted by atomic mass is 32.2. The second kappa shape index (κ2) is 4.34. The van der Waals surface area contributed by atoms with Crippen molar-refractivity contribution in [3.05, 3.63) is 30.3 Å². The Morgan fingerprint density at radius 1 is 1.29 bits per heavy atom. The molecule has 2 aromatic rings. The summed E-state index contributed by atoms with van der Waals surface area (Å²) >= 11 is 1.03. The van der Waals surface area contributed by atoms with Crippen LogP contribution in [0.25, 0.3) is 0 Å². The van der Waals surface area contributed by atoms with Crippen molar-refractivity contribution in [1.29, 1.82) is 0 Å². The lowest BCUT2D eigenvalue weighted by Crippen LogP contribution is -2.02. The lowest BCUT2D eigenvalue weighted by atomic mass is 10.4. The van der Waals surface area contributed by atoms with Gasteiger partial charge in [-0.1, -0.05) is 29.5 Å². The van der Waals surface area contributed by atoms with Gasteiger partial charge in [0.2, 0.25) is 9.84 Å². The standard InChI is InChI=1S/C10H11N3O2S2/c1-12-10-13-8(11)9(16-10)17(14,15)7-5-3-2-4-6-7/h2-6H,11H2,1H3,(H,12,13). The maximum atomic E-state index is 12.2. The monoisotopic (exact) mass is 269 g/mol. The van der Waals surface area contributed by atoms with Gasteiger partial charge in [-0.15, -0.1) is 0 Å².